The van der Waals surface area contributed by atoms with Crippen molar-refractivity contribution in [2.24, 2.45) is 0 Å². The molecule has 1 atom stereocenters. The highest BCUT2D eigenvalue weighted by molar-refractivity contribution is 7.99. The fourth-order valence-corrected chi connectivity index (χ4v) is 2.65. The molecule has 19 heavy (non-hydrogen) atoms. The Bertz CT molecular complexity index is 560. The number of para-hydroxylation sites is 2. The molecule has 0 aliphatic carbocycles. The Morgan fingerprint density at radius 3 is 2.84 bits per heavy atom. The second-order valence-corrected chi connectivity index (χ2v) is 5.32. The van der Waals surface area contributed by atoms with Gasteiger partial charge in [0.05, 0.1) is 0 Å². The maximum atomic E-state index is 5.89. The first kappa shape index (κ1) is 12.2. The van der Waals surface area contributed by atoms with Crippen LogP contribution in [0.4, 0.5) is 5.82 Å². The molecule has 1 aliphatic rings. The van der Waals surface area contributed by atoms with Crippen molar-refractivity contribution in [1.29, 1.82) is 0 Å². The molecule has 0 amide bonds. The number of aromatic nitrogens is 1. The molecule has 0 fully saturated rings. The number of hydrogen-bond acceptors (Lipinski definition) is 5. The number of ether oxygens (including phenoxy) is 2. The second kappa shape index (κ2) is 5.40. The van der Waals surface area contributed by atoms with Crippen LogP contribution >= 0.6 is 11.8 Å². The van der Waals surface area contributed by atoms with E-state index in [0.29, 0.717) is 12.4 Å². The molecular weight excluding hydrogens is 260 g/mol. The largest absolute Gasteiger partial charge is 0.486 e. The predicted molar refractivity (Wildman–Crippen MR) is 75.7 cm³/mol. The lowest BCUT2D eigenvalue weighted by Gasteiger charge is -2.26. The van der Waals surface area contributed by atoms with E-state index in [9.17, 15) is 0 Å². The van der Waals surface area contributed by atoms with Crippen LogP contribution in [-0.2, 0) is 0 Å². The maximum absolute atomic E-state index is 5.89. The molecule has 0 radical (unpaired) electrons. The third-order valence-corrected chi connectivity index (χ3v) is 3.88. The predicted octanol–water partition coefficient (Wildman–Crippen LogP) is 2.60. The number of nitrogens with two attached hydrogens (primary N) is 1. The van der Waals surface area contributed by atoms with Crippen LogP contribution in [-0.4, -0.2) is 23.4 Å². The number of thioether (sulfide) groups is 1. The zero-order valence-corrected chi connectivity index (χ0v) is 11.1. The Kier molecular flexibility index (Phi) is 3.46. The van der Waals surface area contributed by atoms with Gasteiger partial charge in [-0.2, -0.15) is 0 Å². The Hall–Kier alpha value is -1.88. The Balaban J connectivity index is 1.59. The minimum absolute atomic E-state index is 0.0532. The summed E-state index contributed by atoms with van der Waals surface area (Å²) in [4.78, 5) is 5.14. The first-order valence-electron chi connectivity index (χ1n) is 6.04. The lowest BCUT2D eigenvalue weighted by molar-refractivity contribution is 0.107. The molecule has 2 N–H and O–H groups in total. The second-order valence-electron chi connectivity index (χ2n) is 4.23. The van der Waals surface area contributed by atoms with Crippen molar-refractivity contribution >= 4 is 17.6 Å². The summed E-state index contributed by atoms with van der Waals surface area (Å²) in [5.41, 5.74) is 5.55. The van der Waals surface area contributed by atoms with Gasteiger partial charge < -0.3 is 15.2 Å². The Morgan fingerprint density at radius 1 is 1.21 bits per heavy atom. The highest BCUT2D eigenvalue weighted by Crippen LogP contribution is 2.32. The van der Waals surface area contributed by atoms with Crippen LogP contribution in [0, 0.1) is 0 Å². The molecule has 5 heteroatoms. The van der Waals surface area contributed by atoms with E-state index in [2.05, 4.69) is 4.98 Å². The monoisotopic (exact) mass is 274 g/mol. The number of pyridine rings is 1. The molecule has 0 saturated carbocycles. The van der Waals surface area contributed by atoms with Crippen molar-refractivity contribution in [2.75, 3.05) is 18.1 Å². The summed E-state index contributed by atoms with van der Waals surface area (Å²) in [6.45, 7) is 0.576. The van der Waals surface area contributed by atoms with Gasteiger partial charge in [0.15, 0.2) is 11.5 Å². The molecule has 0 saturated heterocycles. The fraction of sp³-hybridized carbons (Fsp3) is 0.214. The quantitative estimate of drug-likeness (QED) is 0.872. The van der Waals surface area contributed by atoms with E-state index in [0.717, 1.165) is 22.1 Å². The molecule has 0 bridgehead atoms. The highest BCUT2D eigenvalue weighted by Gasteiger charge is 2.20. The first-order chi connectivity index (χ1) is 9.31. The molecule has 1 aromatic heterocycles. The van der Waals surface area contributed by atoms with Crippen molar-refractivity contribution in [3.05, 3.63) is 42.6 Å². The van der Waals surface area contributed by atoms with Gasteiger partial charge in [-0.05, 0) is 24.3 Å². The van der Waals surface area contributed by atoms with Crippen molar-refractivity contribution in [1.82, 2.24) is 4.98 Å². The lowest BCUT2D eigenvalue weighted by atomic mass is 10.3. The normalized spacial score (nSPS) is 17.2. The molecule has 2 heterocycles. The Morgan fingerprint density at radius 2 is 2.05 bits per heavy atom. The number of anilines is 1. The van der Waals surface area contributed by atoms with E-state index in [-0.39, 0.29) is 6.10 Å². The van der Waals surface area contributed by atoms with Gasteiger partial charge in [0, 0.05) is 16.8 Å². The van der Waals surface area contributed by atoms with Crippen LogP contribution in [0.5, 0.6) is 11.5 Å². The number of nitrogen functional groups attached to an aromatic ring is 1. The lowest BCUT2D eigenvalue weighted by Crippen LogP contribution is -2.31. The van der Waals surface area contributed by atoms with E-state index in [1.165, 1.54) is 0 Å². The Labute approximate surface area is 115 Å². The zero-order valence-electron chi connectivity index (χ0n) is 10.3. The summed E-state index contributed by atoms with van der Waals surface area (Å²) in [6.07, 6.45) is 1.83. The minimum atomic E-state index is 0.0532. The number of rotatable bonds is 3. The molecule has 4 nitrogen and oxygen atoms in total. The van der Waals surface area contributed by atoms with Gasteiger partial charge in [0.1, 0.15) is 18.5 Å². The average molecular weight is 274 g/mol. The average Bonchev–Trinajstić information content (AvgIpc) is 2.46. The van der Waals surface area contributed by atoms with Crippen molar-refractivity contribution in [3.8, 4) is 11.5 Å². The fourth-order valence-electron chi connectivity index (χ4n) is 1.81. The standard InChI is InChI=1S/C14H14N2O2S/c15-14-6-5-11(7-16-14)19-9-10-8-17-12-3-1-2-4-13(12)18-10/h1-7,10H,8-9H2,(H2,15,16). The van der Waals surface area contributed by atoms with E-state index in [4.69, 9.17) is 15.2 Å². The highest BCUT2D eigenvalue weighted by atomic mass is 32.2. The molecule has 1 aromatic carbocycles. The van der Waals surface area contributed by atoms with Gasteiger partial charge in [0.2, 0.25) is 0 Å². The number of nitrogens with zero attached hydrogens (tertiary/aromatic N) is 1. The SMILES string of the molecule is Nc1ccc(SCC2COc3ccccc3O2)cn1. The van der Waals surface area contributed by atoms with Gasteiger partial charge in [0.25, 0.3) is 0 Å². The van der Waals surface area contributed by atoms with Crippen LogP contribution in [0.15, 0.2) is 47.5 Å². The number of hydrogen-bond donors (Lipinski definition) is 1. The van der Waals surface area contributed by atoms with Crippen molar-refractivity contribution < 1.29 is 9.47 Å². The van der Waals surface area contributed by atoms with Gasteiger partial charge in [-0.25, -0.2) is 4.98 Å². The van der Waals surface area contributed by atoms with Crippen LogP contribution in [0.3, 0.4) is 0 Å². The summed E-state index contributed by atoms with van der Waals surface area (Å²) in [5.74, 6) is 2.99. The van der Waals surface area contributed by atoms with E-state index >= 15 is 0 Å². The van der Waals surface area contributed by atoms with Crippen molar-refractivity contribution in [3.63, 3.8) is 0 Å². The summed E-state index contributed by atoms with van der Waals surface area (Å²) < 4.78 is 11.6. The number of fused-ring (bicyclic) bond motifs is 1. The minimum Gasteiger partial charge on any atom is -0.486 e. The summed E-state index contributed by atoms with van der Waals surface area (Å²) in [7, 11) is 0. The van der Waals surface area contributed by atoms with Crippen LogP contribution in [0.25, 0.3) is 0 Å². The summed E-state index contributed by atoms with van der Waals surface area (Å²) in [5, 5.41) is 0. The molecule has 2 aromatic rings. The van der Waals surface area contributed by atoms with Crippen LogP contribution in [0.2, 0.25) is 0 Å². The van der Waals surface area contributed by atoms with Crippen LogP contribution in [0.1, 0.15) is 0 Å². The van der Waals surface area contributed by atoms with Gasteiger partial charge >= 0.3 is 0 Å². The zero-order chi connectivity index (χ0) is 13.1. The smallest absolute Gasteiger partial charge is 0.161 e. The molecule has 1 unspecified atom stereocenters. The molecule has 0 spiro atoms. The van der Waals surface area contributed by atoms with E-state index in [1.54, 1.807) is 24.0 Å². The topological polar surface area (TPSA) is 57.4 Å². The number of benzene rings is 1. The summed E-state index contributed by atoms with van der Waals surface area (Å²) >= 11 is 1.69. The molecular formula is C14H14N2O2S. The molecule has 1 aliphatic heterocycles. The van der Waals surface area contributed by atoms with Gasteiger partial charge in [-0.3, -0.25) is 0 Å². The summed E-state index contributed by atoms with van der Waals surface area (Å²) in [6, 6.07) is 11.5. The van der Waals surface area contributed by atoms with Gasteiger partial charge in [-0.1, -0.05) is 12.1 Å². The first-order valence-corrected chi connectivity index (χ1v) is 7.02. The molecule has 98 valence electrons. The molecule has 3 rings (SSSR count). The van der Waals surface area contributed by atoms with Crippen LogP contribution < -0.4 is 15.2 Å². The third kappa shape index (κ3) is 2.93. The van der Waals surface area contributed by atoms with Gasteiger partial charge in [-0.15, -0.1) is 11.8 Å². The van der Waals surface area contributed by atoms with Crippen molar-refractivity contribution in [2.45, 2.75) is 11.0 Å². The third-order valence-electron chi connectivity index (χ3n) is 2.76. The van der Waals surface area contributed by atoms with E-state index < -0.39 is 0 Å². The maximum Gasteiger partial charge on any atom is 0.161 e. The van der Waals surface area contributed by atoms with E-state index in [1.807, 2.05) is 30.3 Å².